The van der Waals surface area contributed by atoms with Crippen LogP contribution in [0.3, 0.4) is 0 Å². The second-order valence-electron chi connectivity index (χ2n) is 6.51. The minimum absolute atomic E-state index is 0.0395. The van der Waals surface area contributed by atoms with Crippen molar-refractivity contribution in [2.45, 2.75) is 15.9 Å². The third-order valence-electron chi connectivity index (χ3n) is 4.33. The molecule has 158 valence electrons. The van der Waals surface area contributed by atoms with E-state index >= 15 is 0 Å². The second-order valence-corrected chi connectivity index (χ2v) is 11.3. The molecule has 2 aromatic carbocycles. The van der Waals surface area contributed by atoms with Gasteiger partial charge < -0.3 is 0 Å². The molecule has 3 aromatic rings. The summed E-state index contributed by atoms with van der Waals surface area (Å²) in [6.45, 7) is -0.341. The predicted octanol–water partition coefficient (Wildman–Crippen LogP) is 4.02. The van der Waals surface area contributed by atoms with Gasteiger partial charge in [-0.3, -0.25) is 4.98 Å². The first-order chi connectivity index (χ1) is 14.2. The molecule has 0 radical (unpaired) electrons. The Kier molecular flexibility index (Phi) is 7.15. The average Bonchev–Trinajstić information content (AvgIpc) is 2.70. The fourth-order valence-corrected chi connectivity index (χ4v) is 5.97. The van der Waals surface area contributed by atoms with Crippen molar-refractivity contribution in [2.24, 2.45) is 0 Å². The molecule has 1 aromatic heterocycles. The fourth-order valence-electron chi connectivity index (χ4n) is 2.82. The largest absolute Gasteiger partial charge is 0.264 e. The van der Waals surface area contributed by atoms with Crippen molar-refractivity contribution in [2.75, 3.05) is 6.54 Å². The number of aromatic nitrogens is 1. The third kappa shape index (κ3) is 5.80. The third-order valence-corrected chi connectivity index (χ3v) is 8.27. The smallest absolute Gasteiger partial charge is 0.215 e. The van der Waals surface area contributed by atoms with Crippen LogP contribution in [0.15, 0.2) is 78.0 Å². The van der Waals surface area contributed by atoms with Gasteiger partial charge in [-0.1, -0.05) is 41.4 Å². The summed E-state index contributed by atoms with van der Waals surface area (Å²) >= 11 is 11.7. The van der Waals surface area contributed by atoms with Gasteiger partial charge in [-0.2, -0.15) is 0 Å². The number of hydrogen-bond donors (Lipinski definition) is 1. The van der Waals surface area contributed by atoms with Gasteiger partial charge in [-0.05, 0) is 53.6 Å². The molecule has 1 unspecified atom stereocenters. The van der Waals surface area contributed by atoms with Gasteiger partial charge in [0.1, 0.15) is 5.25 Å². The lowest BCUT2D eigenvalue weighted by molar-refractivity contribution is 0.568. The molecule has 0 saturated carbocycles. The quantitative estimate of drug-likeness (QED) is 0.520. The van der Waals surface area contributed by atoms with Gasteiger partial charge in [0.05, 0.1) is 10.6 Å². The van der Waals surface area contributed by atoms with Crippen LogP contribution in [0.4, 0.5) is 0 Å². The van der Waals surface area contributed by atoms with E-state index in [2.05, 4.69) is 9.71 Å². The van der Waals surface area contributed by atoms with Crippen LogP contribution in [0.2, 0.25) is 10.0 Å². The van der Waals surface area contributed by atoms with Crippen molar-refractivity contribution in [3.8, 4) is 0 Å². The summed E-state index contributed by atoms with van der Waals surface area (Å²) in [7, 11) is -7.71. The van der Waals surface area contributed by atoms with Crippen molar-refractivity contribution < 1.29 is 16.8 Å². The topological polar surface area (TPSA) is 93.2 Å². The molecule has 0 amide bonds. The van der Waals surface area contributed by atoms with E-state index < -0.39 is 25.1 Å². The van der Waals surface area contributed by atoms with Gasteiger partial charge in [0.25, 0.3) is 0 Å². The zero-order chi connectivity index (χ0) is 21.8. The van der Waals surface area contributed by atoms with E-state index in [1.54, 1.807) is 36.4 Å². The van der Waals surface area contributed by atoms with Crippen molar-refractivity contribution in [3.05, 3.63) is 94.2 Å². The summed E-state index contributed by atoms with van der Waals surface area (Å²) in [4.78, 5) is 4.01. The van der Waals surface area contributed by atoms with Gasteiger partial charge in [0, 0.05) is 29.0 Å². The van der Waals surface area contributed by atoms with Crippen LogP contribution >= 0.6 is 23.2 Å². The van der Waals surface area contributed by atoms with Crippen LogP contribution in [-0.4, -0.2) is 28.4 Å². The molecule has 1 N–H and O–H groups in total. The summed E-state index contributed by atoms with van der Waals surface area (Å²) in [6.07, 6.45) is 2.92. The molecule has 3 rings (SSSR count). The van der Waals surface area contributed by atoms with Gasteiger partial charge in [-0.15, -0.1) is 0 Å². The van der Waals surface area contributed by atoms with E-state index in [0.717, 1.165) is 0 Å². The molecule has 10 heteroatoms. The van der Waals surface area contributed by atoms with Crippen LogP contribution in [0.25, 0.3) is 0 Å². The van der Waals surface area contributed by atoms with E-state index in [1.165, 1.54) is 36.7 Å². The molecule has 0 saturated heterocycles. The Labute approximate surface area is 185 Å². The molecular weight excluding hydrogens is 467 g/mol. The van der Waals surface area contributed by atoms with E-state index in [4.69, 9.17) is 23.2 Å². The fraction of sp³-hybridized carbons (Fsp3) is 0.150. The summed E-state index contributed by atoms with van der Waals surface area (Å²) in [6, 6.07) is 15.3. The first-order valence-corrected chi connectivity index (χ1v) is 12.7. The highest BCUT2D eigenvalue weighted by Crippen LogP contribution is 2.29. The van der Waals surface area contributed by atoms with E-state index in [9.17, 15) is 16.8 Å². The van der Waals surface area contributed by atoms with Crippen molar-refractivity contribution in [1.82, 2.24) is 9.71 Å². The summed E-state index contributed by atoms with van der Waals surface area (Å²) in [5.74, 6) is -0.301. The highest BCUT2D eigenvalue weighted by atomic mass is 35.5. The first-order valence-electron chi connectivity index (χ1n) is 8.78. The molecule has 6 nitrogen and oxygen atoms in total. The minimum Gasteiger partial charge on any atom is -0.264 e. The standard InChI is InChI=1S/C20H18Cl2N2O4S2/c21-17-5-3-15(4-6-17)14-29(25,26)24-13-20(16-2-1-11-23-12-16)30(27,28)19-9-7-18(22)8-10-19/h1-12,20,24H,13-14H2. The summed E-state index contributed by atoms with van der Waals surface area (Å²) in [5, 5.41) is -0.266. The number of hydrogen-bond acceptors (Lipinski definition) is 5. The maximum atomic E-state index is 13.2. The molecule has 0 spiro atoms. The van der Waals surface area contributed by atoms with Crippen molar-refractivity contribution in [1.29, 1.82) is 0 Å². The molecule has 30 heavy (non-hydrogen) atoms. The Morgan fingerprint density at radius 2 is 1.47 bits per heavy atom. The van der Waals surface area contributed by atoms with Gasteiger partial charge in [-0.25, -0.2) is 21.6 Å². The van der Waals surface area contributed by atoms with Gasteiger partial charge in [0.15, 0.2) is 9.84 Å². The molecule has 0 bridgehead atoms. The number of rotatable bonds is 8. The maximum absolute atomic E-state index is 13.2. The SMILES string of the molecule is O=S(=O)(Cc1ccc(Cl)cc1)NCC(c1cccnc1)S(=O)(=O)c1ccc(Cl)cc1. The Morgan fingerprint density at radius 3 is 2.03 bits per heavy atom. The number of benzene rings is 2. The van der Waals surface area contributed by atoms with Crippen molar-refractivity contribution in [3.63, 3.8) is 0 Å². The normalized spacial score (nSPS) is 13.1. The number of halogens is 2. The lowest BCUT2D eigenvalue weighted by Crippen LogP contribution is -2.32. The number of nitrogens with zero attached hydrogens (tertiary/aromatic N) is 1. The monoisotopic (exact) mass is 484 g/mol. The highest BCUT2D eigenvalue weighted by Gasteiger charge is 2.30. The minimum atomic E-state index is -3.91. The van der Waals surface area contributed by atoms with Gasteiger partial charge >= 0.3 is 0 Å². The zero-order valence-corrected chi connectivity index (χ0v) is 18.7. The molecule has 0 aliphatic heterocycles. The molecule has 0 aliphatic rings. The Bertz CT molecular complexity index is 1200. The van der Waals surface area contributed by atoms with Crippen molar-refractivity contribution >= 4 is 43.1 Å². The molecule has 1 atom stereocenters. The summed E-state index contributed by atoms with van der Waals surface area (Å²) in [5.41, 5.74) is 0.909. The molecule has 0 aliphatic carbocycles. The lowest BCUT2D eigenvalue weighted by Gasteiger charge is -2.19. The van der Waals surface area contributed by atoms with Crippen LogP contribution in [0.1, 0.15) is 16.4 Å². The Hall–Kier alpha value is -1.97. The predicted molar refractivity (Wildman–Crippen MR) is 118 cm³/mol. The number of nitrogens with one attached hydrogen (secondary N) is 1. The van der Waals surface area contributed by atoms with E-state index in [0.29, 0.717) is 21.2 Å². The Morgan fingerprint density at radius 1 is 0.867 bits per heavy atom. The summed E-state index contributed by atoms with van der Waals surface area (Å²) < 4.78 is 54.0. The zero-order valence-electron chi connectivity index (χ0n) is 15.6. The molecular formula is C20H18Cl2N2O4S2. The van der Waals surface area contributed by atoms with Crippen LogP contribution in [0.5, 0.6) is 0 Å². The van der Waals surface area contributed by atoms with Gasteiger partial charge in [0.2, 0.25) is 10.0 Å². The molecule has 1 heterocycles. The van der Waals surface area contributed by atoms with E-state index in [-0.39, 0.29) is 17.2 Å². The van der Waals surface area contributed by atoms with Crippen LogP contribution in [0, 0.1) is 0 Å². The lowest BCUT2D eigenvalue weighted by atomic mass is 10.2. The number of sulfonamides is 1. The average molecular weight is 485 g/mol. The molecule has 0 fully saturated rings. The number of pyridine rings is 1. The second kappa shape index (κ2) is 9.45. The van der Waals surface area contributed by atoms with E-state index in [1.807, 2.05) is 0 Å². The first kappa shape index (κ1) is 22.7. The Balaban J connectivity index is 1.86. The number of sulfone groups is 1. The van der Waals surface area contributed by atoms with Crippen LogP contribution in [-0.2, 0) is 25.6 Å². The maximum Gasteiger partial charge on any atom is 0.215 e. The van der Waals surface area contributed by atoms with Crippen LogP contribution < -0.4 is 4.72 Å². The highest BCUT2D eigenvalue weighted by molar-refractivity contribution is 7.92.